The van der Waals surface area contributed by atoms with Gasteiger partial charge in [0.1, 0.15) is 5.82 Å². The van der Waals surface area contributed by atoms with E-state index in [4.69, 9.17) is 0 Å². The van der Waals surface area contributed by atoms with Crippen molar-refractivity contribution in [1.82, 2.24) is 14.5 Å². The number of likely N-dealkylation sites (tertiary alicyclic amines) is 1. The maximum Gasteiger partial charge on any atom is 0.112 e. The maximum atomic E-state index is 9.22. The number of aromatic nitrogens is 2. The lowest BCUT2D eigenvalue weighted by molar-refractivity contribution is 0.198. The van der Waals surface area contributed by atoms with E-state index in [2.05, 4.69) is 38.2 Å². The zero-order chi connectivity index (χ0) is 14.7. The number of aliphatic hydroxyl groups is 1. The van der Waals surface area contributed by atoms with Crippen LogP contribution in [-0.2, 0) is 13.1 Å². The molecule has 1 fully saturated rings. The van der Waals surface area contributed by atoms with E-state index in [-0.39, 0.29) is 6.61 Å². The van der Waals surface area contributed by atoms with Crippen molar-refractivity contribution in [2.75, 3.05) is 19.7 Å². The first kappa shape index (κ1) is 14.8. The van der Waals surface area contributed by atoms with Crippen molar-refractivity contribution < 1.29 is 5.11 Å². The van der Waals surface area contributed by atoms with E-state index in [0.717, 1.165) is 44.0 Å². The Morgan fingerprint density at radius 2 is 2.19 bits per heavy atom. The first-order chi connectivity index (χ1) is 10.3. The molecule has 2 aromatic rings. The summed E-state index contributed by atoms with van der Waals surface area (Å²) in [4.78, 5) is 7.13. The van der Waals surface area contributed by atoms with Crippen molar-refractivity contribution in [3.8, 4) is 0 Å². The number of aliphatic hydroxyl groups excluding tert-OH is 1. The molecule has 3 heterocycles. The van der Waals surface area contributed by atoms with Crippen molar-refractivity contribution >= 4 is 11.3 Å². The average Bonchev–Trinajstić information content (AvgIpc) is 3.12. The number of nitrogens with zero attached hydrogens (tertiary/aromatic N) is 3. The number of hydrogen-bond acceptors (Lipinski definition) is 4. The second kappa shape index (κ2) is 6.73. The van der Waals surface area contributed by atoms with Crippen molar-refractivity contribution in [2.24, 2.45) is 0 Å². The lowest BCUT2D eigenvalue weighted by Crippen LogP contribution is -2.33. The van der Waals surface area contributed by atoms with Crippen LogP contribution in [0.1, 0.15) is 35.8 Å². The van der Waals surface area contributed by atoms with E-state index in [9.17, 15) is 5.11 Å². The van der Waals surface area contributed by atoms with E-state index >= 15 is 0 Å². The minimum absolute atomic E-state index is 0.182. The summed E-state index contributed by atoms with van der Waals surface area (Å²) in [6, 6.07) is 2.22. The van der Waals surface area contributed by atoms with E-state index in [1.807, 2.05) is 6.20 Å². The topological polar surface area (TPSA) is 41.3 Å². The van der Waals surface area contributed by atoms with E-state index < -0.39 is 0 Å². The highest BCUT2D eigenvalue weighted by Crippen LogP contribution is 2.28. The summed E-state index contributed by atoms with van der Waals surface area (Å²) in [5, 5.41) is 13.6. The number of piperidine rings is 1. The number of rotatable bonds is 5. The Balaban J connectivity index is 1.60. The fourth-order valence-electron chi connectivity index (χ4n) is 3.19. The second-order valence-corrected chi connectivity index (χ2v) is 6.60. The van der Waals surface area contributed by atoms with Crippen LogP contribution in [0.5, 0.6) is 0 Å². The first-order valence-corrected chi connectivity index (χ1v) is 8.58. The van der Waals surface area contributed by atoms with Crippen molar-refractivity contribution in [3.63, 3.8) is 0 Å². The van der Waals surface area contributed by atoms with Gasteiger partial charge in [0, 0.05) is 30.9 Å². The first-order valence-electron chi connectivity index (χ1n) is 7.64. The summed E-state index contributed by atoms with van der Waals surface area (Å²) < 4.78 is 2.18. The molecule has 0 aromatic carbocycles. The van der Waals surface area contributed by atoms with Gasteiger partial charge in [-0.15, -0.1) is 0 Å². The van der Waals surface area contributed by atoms with Crippen LogP contribution in [-0.4, -0.2) is 39.3 Å². The predicted octanol–water partition coefficient (Wildman–Crippen LogP) is 2.62. The molecule has 1 aliphatic heterocycles. The normalized spacial score (nSPS) is 17.4. The van der Waals surface area contributed by atoms with Crippen LogP contribution in [0.25, 0.3) is 0 Å². The van der Waals surface area contributed by atoms with E-state index in [1.54, 1.807) is 11.3 Å². The van der Waals surface area contributed by atoms with Crippen LogP contribution in [0.4, 0.5) is 0 Å². The molecule has 5 heteroatoms. The number of aryl methyl sites for hydroxylation is 1. The minimum Gasteiger partial charge on any atom is -0.395 e. The largest absolute Gasteiger partial charge is 0.395 e. The lowest BCUT2D eigenvalue weighted by Gasteiger charge is -2.31. The SMILES string of the molecule is Cc1cnc(C2CCN(Cc3ccsc3)CC2)n1CCO. The molecule has 0 bridgehead atoms. The van der Waals surface area contributed by atoms with Gasteiger partial charge in [0.15, 0.2) is 0 Å². The summed E-state index contributed by atoms with van der Waals surface area (Å²) in [6.07, 6.45) is 4.25. The molecule has 3 rings (SSSR count). The summed E-state index contributed by atoms with van der Waals surface area (Å²) in [5.74, 6) is 1.70. The van der Waals surface area contributed by atoms with E-state index in [0.29, 0.717) is 12.5 Å². The van der Waals surface area contributed by atoms with Crippen molar-refractivity contribution in [1.29, 1.82) is 0 Å². The van der Waals surface area contributed by atoms with Gasteiger partial charge in [0.05, 0.1) is 6.61 Å². The third-order valence-electron chi connectivity index (χ3n) is 4.35. The fraction of sp³-hybridized carbons (Fsp3) is 0.562. The molecular formula is C16H23N3OS. The van der Waals surface area contributed by atoms with Crippen LogP contribution < -0.4 is 0 Å². The van der Waals surface area contributed by atoms with Crippen LogP contribution in [0, 0.1) is 6.92 Å². The third kappa shape index (κ3) is 3.36. The Bertz CT molecular complexity index is 556. The molecule has 0 radical (unpaired) electrons. The maximum absolute atomic E-state index is 9.22. The Hall–Kier alpha value is -1.17. The van der Waals surface area contributed by atoms with Gasteiger partial charge in [0.25, 0.3) is 0 Å². The van der Waals surface area contributed by atoms with Gasteiger partial charge >= 0.3 is 0 Å². The molecule has 0 aliphatic carbocycles. The summed E-state index contributed by atoms with van der Waals surface area (Å²) >= 11 is 1.77. The standard InChI is InChI=1S/C16H23N3OS/c1-13-10-17-16(19(13)7-8-20)15-2-5-18(6-3-15)11-14-4-9-21-12-14/h4,9-10,12,15,20H,2-3,5-8,11H2,1H3. The minimum atomic E-state index is 0.182. The Morgan fingerprint density at radius 3 is 2.86 bits per heavy atom. The summed E-state index contributed by atoms with van der Waals surface area (Å²) in [5.41, 5.74) is 2.58. The highest BCUT2D eigenvalue weighted by atomic mass is 32.1. The zero-order valence-electron chi connectivity index (χ0n) is 12.5. The van der Waals surface area contributed by atoms with Gasteiger partial charge in [-0.2, -0.15) is 11.3 Å². The van der Waals surface area contributed by atoms with Crippen LogP contribution >= 0.6 is 11.3 Å². The molecule has 1 saturated heterocycles. The molecule has 0 saturated carbocycles. The highest BCUT2D eigenvalue weighted by molar-refractivity contribution is 7.07. The van der Waals surface area contributed by atoms with Gasteiger partial charge in [-0.25, -0.2) is 4.98 Å². The van der Waals surface area contributed by atoms with Crippen molar-refractivity contribution in [2.45, 2.75) is 38.8 Å². The fourth-order valence-corrected chi connectivity index (χ4v) is 3.85. The number of hydrogen-bond donors (Lipinski definition) is 1. The lowest BCUT2D eigenvalue weighted by atomic mass is 9.95. The Kier molecular flexibility index (Phi) is 4.73. The number of thiophene rings is 1. The molecule has 21 heavy (non-hydrogen) atoms. The molecule has 2 aromatic heterocycles. The predicted molar refractivity (Wildman–Crippen MR) is 85.6 cm³/mol. The molecular weight excluding hydrogens is 282 g/mol. The summed E-state index contributed by atoms with van der Waals surface area (Å²) in [7, 11) is 0. The molecule has 1 aliphatic rings. The van der Waals surface area contributed by atoms with Gasteiger partial charge in [0.2, 0.25) is 0 Å². The van der Waals surface area contributed by atoms with Gasteiger partial charge < -0.3 is 9.67 Å². The van der Waals surface area contributed by atoms with Gasteiger partial charge in [-0.05, 0) is 55.2 Å². The van der Waals surface area contributed by atoms with Crippen LogP contribution in [0.3, 0.4) is 0 Å². The molecule has 0 unspecified atom stereocenters. The van der Waals surface area contributed by atoms with Crippen molar-refractivity contribution in [3.05, 3.63) is 40.1 Å². The number of imidazole rings is 1. The Morgan fingerprint density at radius 1 is 1.38 bits per heavy atom. The van der Waals surface area contributed by atoms with Gasteiger partial charge in [-0.3, -0.25) is 4.90 Å². The van der Waals surface area contributed by atoms with Crippen LogP contribution in [0.15, 0.2) is 23.0 Å². The van der Waals surface area contributed by atoms with E-state index in [1.165, 1.54) is 5.56 Å². The molecule has 0 atom stereocenters. The summed E-state index contributed by atoms with van der Waals surface area (Å²) in [6.45, 7) is 6.24. The molecule has 0 spiro atoms. The molecule has 114 valence electrons. The molecule has 1 N–H and O–H groups in total. The quantitative estimate of drug-likeness (QED) is 0.923. The third-order valence-corrected chi connectivity index (χ3v) is 5.08. The molecule has 4 nitrogen and oxygen atoms in total. The zero-order valence-corrected chi connectivity index (χ0v) is 13.4. The average molecular weight is 305 g/mol. The van der Waals surface area contributed by atoms with Crippen LogP contribution in [0.2, 0.25) is 0 Å². The molecule has 0 amide bonds. The smallest absolute Gasteiger partial charge is 0.112 e. The second-order valence-electron chi connectivity index (χ2n) is 5.82. The monoisotopic (exact) mass is 305 g/mol. The highest BCUT2D eigenvalue weighted by Gasteiger charge is 2.24. The van der Waals surface area contributed by atoms with Gasteiger partial charge in [-0.1, -0.05) is 0 Å². The Labute approximate surface area is 130 Å².